The monoisotopic (exact) mass is 327 g/mol. The van der Waals surface area contributed by atoms with E-state index in [-0.39, 0.29) is 5.88 Å². The summed E-state index contributed by atoms with van der Waals surface area (Å²) < 4.78 is 1.73. The van der Waals surface area contributed by atoms with Crippen LogP contribution >= 0.6 is 11.6 Å². The average Bonchev–Trinajstić information content (AvgIpc) is 2.80. The second-order valence-electron chi connectivity index (χ2n) is 4.99. The van der Waals surface area contributed by atoms with Crippen molar-refractivity contribution in [3.8, 4) is 5.88 Å². The maximum absolute atomic E-state index is 10.5. The SMILES string of the molecule is N=C(N)N=Nc1c(O)n(Cc2ccc(Cl)cc2)c2ccccc12. The molecule has 0 saturated carbocycles. The number of guanidine groups is 1. The molecule has 0 radical (unpaired) electrons. The number of aromatic nitrogens is 1. The summed E-state index contributed by atoms with van der Waals surface area (Å²) in [5.74, 6) is -0.440. The van der Waals surface area contributed by atoms with Crippen molar-refractivity contribution in [1.29, 1.82) is 5.41 Å². The van der Waals surface area contributed by atoms with Gasteiger partial charge in [0.2, 0.25) is 11.8 Å². The number of fused-ring (bicyclic) bond motifs is 1. The van der Waals surface area contributed by atoms with E-state index < -0.39 is 5.96 Å². The first-order chi connectivity index (χ1) is 11.1. The van der Waals surface area contributed by atoms with Crippen LogP contribution in [0.25, 0.3) is 10.9 Å². The van der Waals surface area contributed by atoms with Crippen LogP contribution in [0.3, 0.4) is 0 Å². The Bertz CT molecular complexity index is 899. The molecule has 2 aromatic carbocycles. The third-order valence-corrected chi connectivity index (χ3v) is 3.68. The van der Waals surface area contributed by atoms with Crippen LogP contribution < -0.4 is 5.73 Å². The molecule has 0 fully saturated rings. The maximum Gasteiger partial charge on any atom is 0.232 e. The van der Waals surface area contributed by atoms with Gasteiger partial charge in [0.05, 0.1) is 12.1 Å². The molecule has 6 nitrogen and oxygen atoms in total. The number of azo groups is 1. The number of rotatable bonds is 3. The highest BCUT2D eigenvalue weighted by Crippen LogP contribution is 2.39. The highest BCUT2D eigenvalue weighted by molar-refractivity contribution is 6.30. The van der Waals surface area contributed by atoms with Crippen LogP contribution in [0.1, 0.15) is 5.56 Å². The molecule has 1 aromatic heterocycles. The maximum atomic E-state index is 10.5. The van der Waals surface area contributed by atoms with Crippen molar-refractivity contribution in [3.05, 3.63) is 59.1 Å². The van der Waals surface area contributed by atoms with E-state index in [1.54, 1.807) is 16.7 Å². The molecule has 23 heavy (non-hydrogen) atoms. The Hall–Kier alpha value is -2.86. The number of hydrogen-bond acceptors (Lipinski definition) is 3. The van der Waals surface area contributed by atoms with Crippen LogP contribution in [-0.4, -0.2) is 15.6 Å². The van der Waals surface area contributed by atoms with Gasteiger partial charge in [0.15, 0.2) is 5.69 Å². The van der Waals surface area contributed by atoms with Gasteiger partial charge in [-0.3, -0.25) is 5.41 Å². The van der Waals surface area contributed by atoms with Crippen LogP contribution in [0.15, 0.2) is 58.8 Å². The van der Waals surface area contributed by atoms with Gasteiger partial charge in [0.1, 0.15) is 0 Å². The Labute approximate surface area is 137 Å². The van der Waals surface area contributed by atoms with Crippen molar-refractivity contribution in [3.63, 3.8) is 0 Å². The largest absolute Gasteiger partial charge is 0.493 e. The Kier molecular flexibility index (Phi) is 3.99. The number of hydrogen-bond donors (Lipinski definition) is 3. The fraction of sp³-hybridized carbons (Fsp3) is 0.0625. The van der Waals surface area contributed by atoms with Crippen molar-refractivity contribution in [2.45, 2.75) is 6.54 Å². The molecule has 3 aromatic rings. The minimum Gasteiger partial charge on any atom is -0.493 e. The van der Waals surface area contributed by atoms with Crippen LogP contribution in [0, 0.1) is 5.41 Å². The molecule has 7 heteroatoms. The Morgan fingerprint density at radius 2 is 1.87 bits per heavy atom. The van der Waals surface area contributed by atoms with E-state index in [9.17, 15) is 5.11 Å². The smallest absolute Gasteiger partial charge is 0.232 e. The van der Waals surface area contributed by atoms with Gasteiger partial charge in [-0.1, -0.05) is 41.9 Å². The van der Waals surface area contributed by atoms with Crippen LogP contribution in [0.5, 0.6) is 5.88 Å². The first kappa shape index (κ1) is 15.1. The fourth-order valence-corrected chi connectivity index (χ4v) is 2.53. The molecule has 1 heterocycles. The van der Waals surface area contributed by atoms with E-state index in [0.717, 1.165) is 16.5 Å². The van der Waals surface area contributed by atoms with Crippen molar-refractivity contribution < 1.29 is 5.11 Å². The standard InChI is InChI=1S/C16H14ClN5O/c17-11-7-5-10(6-8-11)9-22-13-4-2-1-3-12(13)14(15(22)23)20-21-16(18)19/h1-8,23H,9H2,(H3,18,19). The van der Waals surface area contributed by atoms with Crippen molar-refractivity contribution in [1.82, 2.24) is 4.57 Å². The second kappa shape index (κ2) is 6.10. The Morgan fingerprint density at radius 1 is 1.17 bits per heavy atom. The highest BCUT2D eigenvalue weighted by Gasteiger charge is 2.16. The van der Waals surface area contributed by atoms with E-state index in [1.807, 2.05) is 36.4 Å². The highest BCUT2D eigenvalue weighted by atomic mass is 35.5. The van der Waals surface area contributed by atoms with Crippen molar-refractivity contribution >= 4 is 34.2 Å². The first-order valence-electron chi connectivity index (χ1n) is 6.86. The topological polar surface area (TPSA) is 99.8 Å². The number of benzene rings is 2. The zero-order chi connectivity index (χ0) is 16.4. The van der Waals surface area contributed by atoms with Crippen LogP contribution in [0.4, 0.5) is 5.69 Å². The summed E-state index contributed by atoms with van der Waals surface area (Å²) in [6.07, 6.45) is 0. The molecular formula is C16H14ClN5O. The minimum atomic E-state index is -0.418. The summed E-state index contributed by atoms with van der Waals surface area (Å²) in [6.45, 7) is 0.457. The number of para-hydroxylation sites is 1. The Morgan fingerprint density at radius 3 is 2.57 bits per heavy atom. The van der Waals surface area contributed by atoms with E-state index in [4.69, 9.17) is 22.7 Å². The fourth-order valence-electron chi connectivity index (χ4n) is 2.41. The predicted molar refractivity (Wildman–Crippen MR) is 90.6 cm³/mol. The van der Waals surface area contributed by atoms with Gasteiger partial charge in [-0.15, -0.1) is 10.2 Å². The lowest BCUT2D eigenvalue weighted by molar-refractivity contribution is 0.429. The molecular weight excluding hydrogens is 314 g/mol. The summed E-state index contributed by atoms with van der Waals surface area (Å²) in [4.78, 5) is 0. The summed E-state index contributed by atoms with van der Waals surface area (Å²) >= 11 is 5.90. The molecule has 0 bridgehead atoms. The average molecular weight is 328 g/mol. The zero-order valence-electron chi connectivity index (χ0n) is 12.1. The third-order valence-electron chi connectivity index (χ3n) is 3.43. The molecule has 3 rings (SSSR count). The first-order valence-corrected chi connectivity index (χ1v) is 7.24. The minimum absolute atomic E-state index is 0.0221. The van der Waals surface area contributed by atoms with E-state index >= 15 is 0 Å². The quantitative estimate of drug-likeness (QED) is 0.384. The van der Waals surface area contributed by atoms with Gasteiger partial charge < -0.3 is 15.4 Å². The lowest BCUT2D eigenvalue weighted by Crippen LogP contribution is -2.03. The Balaban J connectivity index is 2.11. The lowest BCUT2D eigenvalue weighted by Gasteiger charge is -2.07. The van der Waals surface area contributed by atoms with Gasteiger partial charge in [0.25, 0.3) is 0 Å². The third kappa shape index (κ3) is 3.02. The number of aromatic hydroxyl groups is 1. The zero-order valence-corrected chi connectivity index (χ0v) is 12.8. The number of nitrogens with zero attached hydrogens (tertiary/aromatic N) is 3. The summed E-state index contributed by atoms with van der Waals surface area (Å²) in [5.41, 5.74) is 7.30. The van der Waals surface area contributed by atoms with Crippen LogP contribution in [0.2, 0.25) is 5.02 Å². The summed E-state index contributed by atoms with van der Waals surface area (Å²) in [5, 5.41) is 26.5. The van der Waals surface area contributed by atoms with Crippen molar-refractivity contribution in [2.24, 2.45) is 16.0 Å². The van der Waals surface area contributed by atoms with Gasteiger partial charge >= 0.3 is 0 Å². The second-order valence-corrected chi connectivity index (χ2v) is 5.42. The predicted octanol–water partition coefficient (Wildman–Crippen LogP) is 4.03. The number of nitrogens with one attached hydrogen (secondary N) is 1. The normalized spacial score (nSPS) is 11.3. The molecule has 0 aliphatic heterocycles. The van der Waals surface area contributed by atoms with E-state index in [0.29, 0.717) is 17.3 Å². The lowest BCUT2D eigenvalue weighted by atomic mass is 10.2. The molecule has 4 N–H and O–H groups in total. The van der Waals surface area contributed by atoms with Crippen LogP contribution in [-0.2, 0) is 6.54 Å². The molecule has 0 unspecified atom stereocenters. The molecule has 0 saturated heterocycles. The van der Waals surface area contributed by atoms with E-state index in [1.165, 1.54) is 0 Å². The van der Waals surface area contributed by atoms with Gasteiger partial charge in [-0.2, -0.15) is 0 Å². The van der Waals surface area contributed by atoms with Gasteiger partial charge in [-0.25, -0.2) is 0 Å². The summed E-state index contributed by atoms with van der Waals surface area (Å²) in [6, 6.07) is 14.8. The molecule has 116 valence electrons. The molecule has 0 atom stereocenters. The molecule has 0 spiro atoms. The number of halogens is 1. The van der Waals surface area contributed by atoms with Gasteiger partial charge in [-0.05, 0) is 23.8 Å². The molecule has 0 amide bonds. The van der Waals surface area contributed by atoms with E-state index in [2.05, 4.69) is 10.2 Å². The molecule has 0 aliphatic carbocycles. The van der Waals surface area contributed by atoms with Gasteiger partial charge in [0, 0.05) is 10.4 Å². The number of nitrogens with two attached hydrogens (primary N) is 1. The molecule has 0 aliphatic rings. The van der Waals surface area contributed by atoms with Crippen molar-refractivity contribution in [2.75, 3.05) is 0 Å². The summed E-state index contributed by atoms with van der Waals surface area (Å²) in [7, 11) is 0.